The van der Waals surface area contributed by atoms with Crippen LogP contribution in [0, 0.1) is 11.8 Å². The Balaban J connectivity index is 1.99. The number of para-hydroxylation sites is 1. The average Bonchev–Trinajstić information content (AvgIpc) is 3.02. The minimum atomic E-state index is -0.663. The fraction of sp³-hybridized carbons (Fsp3) is 0.556. The number of benzene rings is 1. The highest BCUT2D eigenvalue weighted by Gasteiger charge is 2.29. The number of nitrogens with one attached hydrogen (secondary N) is 3. The zero-order valence-electron chi connectivity index (χ0n) is 14.9. The molecule has 25 heavy (non-hydrogen) atoms. The van der Waals surface area contributed by atoms with Crippen molar-refractivity contribution in [3.63, 3.8) is 0 Å². The van der Waals surface area contributed by atoms with Crippen LogP contribution in [0.4, 0.5) is 0 Å². The summed E-state index contributed by atoms with van der Waals surface area (Å²) >= 11 is 0. The van der Waals surface area contributed by atoms with E-state index in [-0.39, 0.29) is 23.7 Å². The van der Waals surface area contributed by atoms with Crippen molar-refractivity contribution in [3.8, 4) is 5.75 Å². The summed E-state index contributed by atoms with van der Waals surface area (Å²) in [6.45, 7) is 5.33. The smallest absolute Gasteiger partial charge is 0.255 e. The lowest BCUT2D eigenvalue weighted by Crippen LogP contribution is -2.51. The number of aliphatic hydroxyl groups is 1. The second-order valence-corrected chi connectivity index (χ2v) is 6.63. The molecule has 2 amide bonds. The summed E-state index contributed by atoms with van der Waals surface area (Å²) in [5.41, 5.74) is 0.388. The molecule has 1 fully saturated rings. The van der Waals surface area contributed by atoms with Crippen LogP contribution in [0.2, 0.25) is 0 Å². The topological polar surface area (TPSA) is 99.7 Å². The molecule has 1 aromatic carbocycles. The maximum atomic E-state index is 12.5. The quantitative estimate of drug-likeness (QED) is 0.561. The van der Waals surface area contributed by atoms with Crippen LogP contribution in [0.5, 0.6) is 5.75 Å². The molecular formula is C18H27N3O4. The molecule has 3 unspecified atom stereocenters. The van der Waals surface area contributed by atoms with E-state index < -0.39 is 12.1 Å². The van der Waals surface area contributed by atoms with Gasteiger partial charge in [-0.05, 0) is 18.1 Å². The first-order chi connectivity index (χ1) is 11.9. The van der Waals surface area contributed by atoms with E-state index in [1.165, 1.54) is 7.11 Å². The molecule has 0 aromatic heterocycles. The maximum absolute atomic E-state index is 12.5. The van der Waals surface area contributed by atoms with Crippen molar-refractivity contribution >= 4 is 11.8 Å². The van der Waals surface area contributed by atoms with Gasteiger partial charge in [0.2, 0.25) is 5.91 Å². The lowest BCUT2D eigenvalue weighted by Gasteiger charge is -2.23. The third kappa shape index (κ3) is 4.93. The highest BCUT2D eigenvalue weighted by Crippen LogP contribution is 2.17. The molecule has 7 nitrogen and oxygen atoms in total. The molecular weight excluding hydrogens is 322 g/mol. The zero-order chi connectivity index (χ0) is 18.4. The number of amides is 2. The van der Waals surface area contributed by atoms with Gasteiger partial charge >= 0.3 is 0 Å². The first-order valence-electron chi connectivity index (χ1n) is 8.54. The molecule has 2 rings (SSSR count). The van der Waals surface area contributed by atoms with E-state index in [1.54, 1.807) is 24.3 Å². The van der Waals surface area contributed by atoms with Crippen molar-refractivity contribution < 1.29 is 19.4 Å². The van der Waals surface area contributed by atoms with E-state index in [4.69, 9.17) is 4.74 Å². The standard InChI is InChI=1S/C18H27N3O4/c1-11(2)16(18(24)20-9-12-8-19-10-14(12)22)21-17(23)13-6-4-5-7-15(13)25-3/h4-7,11-12,14,16,19,22H,8-10H2,1-3H3,(H,20,24)(H,21,23). The van der Waals surface area contributed by atoms with Crippen LogP contribution in [0.15, 0.2) is 24.3 Å². The first-order valence-corrected chi connectivity index (χ1v) is 8.54. The summed E-state index contributed by atoms with van der Waals surface area (Å²) in [5.74, 6) is -0.235. The van der Waals surface area contributed by atoms with Gasteiger partial charge in [-0.15, -0.1) is 0 Å². The number of hydrogen-bond acceptors (Lipinski definition) is 5. The minimum absolute atomic E-state index is 0.0123. The van der Waals surface area contributed by atoms with E-state index in [9.17, 15) is 14.7 Å². The average molecular weight is 349 g/mol. The van der Waals surface area contributed by atoms with Crippen molar-refractivity contribution in [1.82, 2.24) is 16.0 Å². The molecule has 1 aliphatic rings. The fourth-order valence-corrected chi connectivity index (χ4v) is 2.86. The van der Waals surface area contributed by atoms with E-state index in [0.29, 0.717) is 30.9 Å². The van der Waals surface area contributed by atoms with Crippen LogP contribution in [-0.2, 0) is 4.79 Å². The molecule has 138 valence electrons. The lowest BCUT2D eigenvalue weighted by molar-refractivity contribution is -0.124. The highest BCUT2D eigenvalue weighted by molar-refractivity contribution is 5.99. The van der Waals surface area contributed by atoms with Gasteiger partial charge in [0.25, 0.3) is 5.91 Å². The van der Waals surface area contributed by atoms with Crippen LogP contribution in [-0.4, -0.2) is 55.8 Å². The monoisotopic (exact) mass is 349 g/mol. The summed E-state index contributed by atoms with van der Waals surface area (Å²) < 4.78 is 5.20. The SMILES string of the molecule is COc1ccccc1C(=O)NC(C(=O)NCC1CNCC1O)C(C)C. The van der Waals surface area contributed by atoms with Crippen molar-refractivity contribution in [2.24, 2.45) is 11.8 Å². The van der Waals surface area contributed by atoms with Gasteiger partial charge in [0, 0.05) is 25.6 Å². The Labute approximate surface area is 148 Å². The molecule has 1 aromatic rings. The van der Waals surface area contributed by atoms with E-state index >= 15 is 0 Å². The van der Waals surface area contributed by atoms with Gasteiger partial charge in [0.15, 0.2) is 0 Å². The second-order valence-electron chi connectivity index (χ2n) is 6.63. The maximum Gasteiger partial charge on any atom is 0.255 e. The largest absolute Gasteiger partial charge is 0.496 e. The number of β-amino-alcohol motifs (C(OH)–C–C–N with tert-alkyl or cyclic N) is 1. The number of carbonyl (C=O) groups excluding carboxylic acids is 2. The van der Waals surface area contributed by atoms with Crippen LogP contribution in [0.25, 0.3) is 0 Å². The number of ether oxygens (including phenoxy) is 1. The van der Waals surface area contributed by atoms with Gasteiger partial charge < -0.3 is 25.8 Å². The number of hydrogen-bond donors (Lipinski definition) is 4. The molecule has 0 bridgehead atoms. The van der Waals surface area contributed by atoms with Crippen LogP contribution in [0.3, 0.4) is 0 Å². The van der Waals surface area contributed by atoms with Crippen LogP contribution in [0.1, 0.15) is 24.2 Å². The summed E-state index contributed by atoms with van der Waals surface area (Å²) in [5, 5.41) is 18.5. The molecule has 0 aliphatic carbocycles. The minimum Gasteiger partial charge on any atom is -0.496 e. The van der Waals surface area contributed by atoms with E-state index in [1.807, 2.05) is 13.8 Å². The Morgan fingerprint density at radius 3 is 2.64 bits per heavy atom. The predicted octanol–water partition coefficient (Wildman–Crippen LogP) is 0.146. The fourth-order valence-electron chi connectivity index (χ4n) is 2.86. The lowest BCUT2D eigenvalue weighted by atomic mass is 10.0. The molecule has 0 radical (unpaired) electrons. The molecule has 0 saturated carbocycles. The second kappa shape index (κ2) is 8.82. The number of rotatable bonds is 7. The van der Waals surface area contributed by atoms with Gasteiger partial charge in [0.1, 0.15) is 11.8 Å². The van der Waals surface area contributed by atoms with Gasteiger partial charge in [-0.3, -0.25) is 9.59 Å². The Kier molecular flexibility index (Phi) is 6.78. The van der Waals surface area contributed by atoms with Crippen molar-refractivity contribution in [2.45, 2.75) is 26.0 Å². The molecule has 1 saturated heterocycles. The van der Waals surface area contributed by atoms with Gasteiger partial charge in [0.05, 0.1) is 18.8 Å². The van der Waals surface area contributed by atoms with Crippen molar-refractivity contribution in [1.29, 1.82) is 0 Å². The highest BCUT2D eigenvalue weighted by atomic mass is 16.5. The Hall–Kier alpha value is -2.12. The van der Waals surface area contributed by atoms with Crippen molar-refractivity contribution in [2.75, 3.05) is 26.7 Å². The molecule has 0 spiro atoms. The van der Waals surface area contributed by atoms with E-state index in [2.05, 4.69) is 16.0 Å². The van der Waals surface area contributed by atoms with Crippen LogP contribution >= 0.6 is 0 Å². The molecule has 7 heteroatoms. The van der Waals surface area contributed by atoms with Gasteiger partial charge in [-0.25, -0.2) is 0 Å². The van der Waals surface area contributed by atoms with E-state index in [0.717, 1.165) is 0 Å². The number of aliphatic hydroxyl groups excluding tert-OH is 1. The Morgan fingerprint density at radius 1 is 1.32 bits per heavy atom. The normalized spacial score (nSPS) is 21.0. The Bertz CT molecular complexity index is 606. The Morgan fingerprint density at radius 2 is 2.04 bits per heavy atom. The predicted molar refractivity (Wildman–Crippen MR) is 94.5 cm³/mol. The summed E-state index contributed by atoms with van der Waals surface area (Å²) in [6.07, 6.45) is -0.457. The summed E-state index contributed by atoms with van der Waals surface area (Å²) in [4.78, 5) is 25.0. The molecule has 1 heterocycles. The summed E-state index contributed by atoms with van der Waals surface area (Å²) in [7, 11) is 1.50. The zero-order valence-corrected chi connectivity index (χ0v) is 14.9. The van der Waals surface area contributed by atoms with Crippen LogP contribution < -0.4 is 20.7 Å². The number of methoxy groups -OCH3 is 1. The number of carbonyl (C=O) groups is 2. The summed E-state index contributed by atoms with van der Waals surface area (Å²) in [6, 6.07) is 6.22. The molecule has 4 N–H and O–H groups in total. The van der Waals surface area contributed by atoms with Gasteiger partial charge in [-0.2, -0.15) is 0 Å². The van der Waals surface area contributed by atoms with Crippen molar-refractivity contribution in [3.05, 3.63) is 29.8 Å². The molecule has 3 atom stereocenters. The third-order valence-electron chi connectivity index (χ3n) is 4.43. The van der Waals surface area contributed by atoms with Gasteiger partial charge in [-0.1, -0.05) is 26.0 Å². The molecule has 1 aliphatic heterocycles. The first kappa shape index (κ1) is 19.2. The third-order valence-corrected chi connectivity index (χ3v) is 4.43.